The van der Waals surface area contributed by atoms with Crippen LogP contribution in [0.25, 0.3) is 0 Å². The summed E-state index contributed by atoms with van der Waals surface area (Å²) >= 11 is 0. The van der Waals surface area contributed by atoms with E-state index in [9.17, 15) is 17.6 Å². The molecule has 7 heteroatoms. The van der Waals surface area contributed by atoms with Crippen LogP contribution in [0.15, 0.2) is 29.4 Å². The number of benzene rings is 1. The van der Waals surface area contributed by atoms with Crippen LogP contribution >= 0.6 is 0 Å². The van der Waals surface area contributed by atoms with Gasteiger partial charge in [-0.3, -0.25) is 0 Å². The van der Waals surface area contributed by atoms with Crippen LogP contribution in [-0.4, -0.2) is 24.0 Å². The zero-order valence-corrected chi connectivity index (χ0v) is 7.78. The molecule has 0 heterocycles. The zero-order valence-electron chi connectivity index (χ0n) is 7.78. The molecule has 0 fully saturated rings. The van der Waals surface area contributed by atoms with Gasteiger partial charge in [-0.25, -0.2) is 0 Å². The molecule has 0 amide bonds. The molecule has 0 aromatic heterocycles. The van der Waals surface area contributed by atoms with E-state index in [0.717, 1.165) is 18.3 Å². The van der Waals surface area contributed by atoms with Crippen LogP contribution < -0.4 is 4.74 Å². The minimum absolute atomic E-state index is 0.402. The third kappa shape index (κ3) is 3.11. The molecule has 0 aliphatic rings. The maximum absolute atomic E-state index is 12.4. The molecule has 0 atom stereocenters. The molecular formula is C9H7F4NO2. The maximum atomic E-state index is 12.4. The molecule has 0 aliphatic carbocycles. The van der Waals surface area contributed by atoms with E-state index in [1.807, 2.05) is 0 Å². The van der Waals surface area contributed by atoms with Crippen molar-refractivity contribution in [2.24, 2.45) is 5.16 Å². The summed E-state index contributed by atoms with van der Waals surface area (Å²) in [5, 5.41) is 10.9. The Morgan fingerprint density at radius 3 is 2.25 bits per heavy atom. The van der Waals surface area contributed by atoms with Gasteiger partial charge < -0.3 is 9.94 Å². The van der Waals surface area contributed by atoms with Crippen LogP contribution in [0.5, 0.6) is 5.75 Å². The number of rotatable bonds is 4. The minimum Gasteiger partial charge on any atom is -0.428 e. The van der Waals surface area contributed by atoms with Crippen LogP contribution in [-0.2, 0) is 0 Å². The highest BCUT2D eigenvalue weighted by atomic mass is 19.3. The van der Waals surface area contributed by atoms with Crippen LogP contribution in [0.3, 0.4) is 0 Å². The Hall–Kier alpha value is -1.79. The van der Waals surface area contributed by atoms with Gasteiger partial charge in [0.15, 0.2) is 0 Å². The van der Waals surface area contributed by atoms with Crippen molar-refractivity contribution in [2.45, 2.75) is 12.5 Å². The van der Waals surface area contributed by atoms with Gasteiger partial charge in [0.05, 0.1) is 6.21 Å². The fourth-order valence-corrected chi connectivity index (χ4v) is 0.890. The van der Waals surface area contributed by atoms with Crippen molar-refractivity contribution >= 4 is 6.21 Å². The van der Waals surface area contributed by atoms with E-state index in [1.54, 1.807) is 0 Å². The first-order valence-corrected chi connectivity index (χ1v) is 4.08. The van der Waals surface area contributed by atoms with E-state index in [-0.39, 0.29) is 0 Å². The van der Waals surface area contributed by atoms with E-state index < -0.39 is 18.3 Å². The van der Waals surface area contributed by atoms with Gasteiger partial charge in [0.2, 0.25) is 0 Å². The summed E-state index contributed by atoms with van der Waals surface area (Å²) < 4.78 is 52.2. The Kier molecular flexibility index (Phi) is 3.70. The normalized spacial score (nSPS) is 12.3. The van der Waals surface area contributed by atoms with Gasteiger partial charge >= 0.3 is 12.5 Å². The van der Waals surface area contributed by atoms with E-state index >= 15 is 0 Å². The van der Waals surface area contributed by atoms with Gasteiger partial charge in [0.25, 0.3) is 0 Å². The van der Waals surface area contributed by atoms with Crippen LogP contribution in [0.4, 0.5) is 17.6 Å². The highest BCUT2D eigenvalue weighted by Crippen LogP contribution is 2.27. The Labute approximate surface area is 87.9 Å². The van der Waals surface area contributed by atoms with Crippen molar-refractivity contribution in [1.82, 2.24) is 0 Å². The summed E-state index contributed by atoms with van der Waals surface area (Å²) in [6.45, 7) is 0. The second-order valence-corrected chi connectivity index (χ2v) is 2.78. The summed E-state index contributed by atoms with van der Waals surface area (Å²) in [4.78, 5) is 0. The topological polar surface area (TPSA) is 41.8 Å². The molecule has 1 aromatic rings. The van der Waals surface area contributed by atoms with E-state index in [1.165, 1.54) is 12.1 Å². The molecular weight excluding hydrogens is 230 g/mol. The van der Waals surface area contributed by atoms with Crippen molar-refractivity contribution in [1.29, 1.82) is 0 Å². The van der Waals surface area contributed by atoms with Gasteiger partial charge in [-0.15, -0.1) is 0 Å². The largest absolute Gasteiger partial charge is 0.461 e. The molecule has 3 nitrogen and oxygen atoms in total. The number of hydrogen-bond acceptors (Lipinski definition) is 3. The molecule has 0 saturated carbocycles. The number of ether oxygens (including phenoxy) is 1. The van der Waals surface area contributed by atoms with Gasteiger partial charge in [0.1, 0.15) is 5.75 Å². The number of halogens is 4. The summed E-state index contributed by atoms with van der Waals surface area (Å²) in [6, 6.07) is 4.67. The maximum Gasteiger partial charge on any atom is 0.461 e. The minimum atomic E-state index is -4.52. The predicted octanol–water partition coefficient (Wildman–Crippen LogP) is 2.73. The van der Waals surface area contributed by atoms with Crippen molar-refractivity contribution < 1.29 is 27.5 Å². The quantitative estimate of drug-likeness (QED) is 0.378. The molecule has 1 aromatic carbocycles. The third-order valence-electron chi connectivity index (χ3n) is 1.59. The highest BCUT2D eigenvalue weighted by molar-refractivity contribution is 5.79. The molecule has 0 bridgehead atoms. The fourth-order valence-electron chi connectivity index (χ4n) is 0.890. The van der Waals surface area contributed by atoms with Gasteiger partial charge in [0, 0.05) is 0 Å². The number of alkyl halides is 4. The van der Waals surface area contributed by atoms with Crippen molar-refractivity contribution in [3.8, 4) is 5.75 Å². The molecule has 0 saturated heterocycles. The first kappa shape index (κ1) is 12.3. The van der Waals surface area contributed by atoms with Crippen LogP contribution in [0.2, 0.25) is 0 Å². The Morgan fingerprint density at radius 1 is 1.25 bits per heavy atom. The van der Waals surface area contributed by atoms with Crippen molar-refractivity contribution in [3.05, 3.63) is 29.8 Å². The first-order valence-electron chi connectivity index (χ1n) is 4.08. The average molecular weight is 237 g/mol. The fraction of sp³-hybridized carbons (Fsp3) is 0.222. The lowest BCUT2D eigenvalue weighted by Gasteiger charge is -2.16. The van der Waals surface area contributed by atoms with E-state index in [4.69, 9.17) is 5.21 Å². The SMILES string of the molecule is O/N=C/c1ccc(OC(F)(F)C(F)F)cc1. The second kappa shape index (κ2) is 4.82. The van der Waals surface area contributed by atoms with Crippen LogP contribution in [0, 0.1) is 0 Å². The van der Waals surface area contributed by atoms with Crippen LogP contribution in [0.1, 0.15) is 5.56 Å². The predicted molar refractivity (Wildman–Crippen MR) is 47.4 cm³/mol. The standard InChI is InChI=1S/C9H7F4NO2/c10-8(11)9(12,13)16-7-3-1-6(2-4-7)5-14-15/h1-5,8,15H/b14-5+. The lowest BCUT2D eigenvalue weighted by molar-refractivity contribution is -0.253. The molecule has 1 rings (SSSR count). The summed E-state index contributed by atoms with van der Waals surface area (Å²) in [7, 11) is 0. The average Bonchev–Trinajstić information content (AvgIpc) is 2.21. The molecule has 0 spiro atoms. The van der Waals surface area contributed by atoms with E-state index in [0.29, 0.717) is 5.56 Å². The summed E-state index contributed by atoms with van der Waals surface area (Å²) in [6.07, 6.45) is -7.37. The zero-order chi connectivity index (χ0) is 12.2. The molecule has 0 aliphatic heterocycles. The lowest BCUT2D eigenvalue weighted by atomic mass is 10.2. The highest BCUT2D eigenvalue weighted by Gasteiger charge is 2.43. The lowest BCUT2D eigenvalue weighted by Crippen LogP contribution is -2.33. The van der Waals surface area contributed by atoms with Crippen molar-refractivity contribution in [3.63, 3.8) is 0 Å². The molecule has 16 heavy (non-hydrogen) atoms. The monoisotopic (exact) mass is 237 g/mol. The van der Waals surface area contributed by atoms with Crippen molar-refractivity contribution in [2.75, 3.05) is 0 Å². The third-order valence-corrected chi connectivity index (χ3v) is 1.59. The molecule has 0 radical (unpaired) electrons. The Balaban J connectivity index is 2.76. The molecule has 88 valence electrons. The number of oxime groups is 1. The van der Waals surface area contributed by atoms with Gasteiger partial charge in [-0.05, 0) is 29.8 Å². The number of hydrogen-bond donors (Lipinski definition) is 1. The smallest absolute Gasteiger partial charge is 0.428 e. The number of nitrogens with zero attached hydrogens (tertiary/aromatic N) is 1. The first-order chi connectivity index (χ1) is 7.45. The Morgan fingerprint density at radius 2 is 1.81 bits per heavy atom. The van der Waals surface area contributed by atoms with E-state index in [2.05, 4.69) is 9.89 Å². The Bertz CT molecular complexity index is 364. The second-order valence-electron chi connectivity index (χ2n) is 2.78. The molecule has 1 N–H and O–H groups in total. The van der Waals surface area contributed by atoms with Gasteiger partial charge in [-0.2, -0.15) is 17.6 Å². The van der Waals surface area contributed by atoms with Gasteiger partial charge in [-0.1, -0.05) is 5.16 Å². The summed E-state index contributed by atoms with van der Waals surface area (Å²) in [5.41, 5.74) is 0.412. The molecule has 0 unspecified atom stereocenters. The summed E-state index contributed by atoms with van der Waals surface area (Å²) in [5.74, 6) is -0.402.